The van der Waals surface area contributed by atoms with Gasteiger partial charge in [0.2, 0.25) is 5.91 Å². The van der Waals surface area contributed by atoms with Gasteiger partial charge in [0.15, 0.2) is 0 Å². The van der Waals surface area contributed by atoms with Crippen LogP contribution in [-0.2, 0) is 11.2 Å². The quantitative estimate of drug-likeness (QED) is 0.584. The van der Waals surface area contributed by atoms with Crippen LogP contribution in [0.3, 0.4) is 0 Å². The van der Waals surface area contributed by atoms with Gasteiger partial charge in [-0.25, -0.2) is 0 Å². The van der Waals surface area contributed by atoms with Gasteiger partial charge < -0.3 is 15.2 Å². The Kier molecular flexibility index (Phi) is 6.37. The van der Waals surface area contributed by atoms with Gasteiger partial charge in [0.05, 0.1) is 17.1 Å². The maximum Gasteiger partial charge on any atom is 0.224 e. The van der Waals surface area contributed by atoms with E-state index in [-0.39, 0.29) is 5.91 Å². The first-order valence-corrected chi connectivity index (χ1v) is 10.6. The number of anilines is 1. The lowest BCUT2D eigenvalue weighted by atomic mass is 10.1. The fraction of sp³-hybridized carbons (Fsp3) is 0.348. The summed E-state index contributed by atoms with van der Waals surface area (Å²) in [6, 6.07) is 16.1. The van der Waals surface area contributed by atoms with Gasteiger partial charge in [0, 0.05) is 49.8 Å². The second kappa shape index (κ2) is 9.33. The highest BCUT2D eigenvalue weighted by Gasteiger charge is 2.18. The van der Waals surface area contributed by atoms with Crippen molar-refractivity contribution in [3.63, 3.8) is 0 Å². The molecule has 1 fully saturated rings. The number of hydrogen-bond donors (Lipinski definition) is 2. The molecule has 0 spiro atoms. The monoisotopic (exact) mass is 410 g/mol. The molecule has 5 nitrogen and oxygen atoms in total. The first-order chi connectivity index (χ1) is 14.2. The summed E-state index contributed by atoms with van der Waals surface area (Å²) in [6.45, 7) is 5.73. The number of nitrogens with one attached hydrogen (secondary N) is 2. The summed E-state index contributed by atoms with van der Waals surface area (Å²) in [5, 5.41) is 5.00. The van der Waals surface area contributed by atoms with Crippen LogP contribution in [0, 0.1) is 0 Å². The summed E-state index contributed by atoms with van der Waals surface area (Å²) in [5.41, 5.74) is 3.25. The molecule has 0 unspecified atom stereocenters. The van der Waals surface area contributed by atoms with Gasteiger partial charge in [-0.05, 0) is 36.7 Å². The van der Waals surface area contributed by atoms with Crippen LogP contribution < -0.4 is 10.2 Å². The highest BCUT2D eigenvalue weighted by molar-refractivity contribution is 6.33. The first kappa shape index (κ1) is 19.8. The van der Waals surface area contributed by atoms with Crippen molar-refractivity contribution < 1.29 is 4.79 Å². The first-order valence-electron chi connectivity index (χ1n) is 10.2. The van der Waals surface area contributed by atoms with Gasteiger partial charge in [0.25, 0.3) is 0 Å². The molecule has 1 aliphatic rings. The predicted octanol–water partition coefficient (Wildman–Crippen LogP) is 3.69. The molecule has 29 heavy (non-hydrogen) atoms. The lowest BCUT2D eigenvalue weighted by Gasteiger charge is -2.36. The lowest BCUT2D eigenvalue weighted by molar-refractivity contribution is -0.120. The van der Waals surface area contributed by atoms with E-state index in [1.165, 1.54) is 0 Å². The molecule has 4 rings (SSSR count). The Morgan fingerprint density at radius 1 is 1.03 bits per heavy atom. The van der Waals surface area contributed by atoms with Gasteiger partial charge in [-0.3, -0.25) is 9.69 Å². The number of aromatic nitrogens is 1. The second-order valence-electron chi connectivity index (χ2n) is 7.52. The molecular formula is C23H27ClN4O. The molecule has 3 aromatic rings. The van der Waals surface area contributed by atoms with Gasteiger partial charge in [0.1, 0.15) is 0 Å². The molecule has 6 heteroatoms. The van der Waals surface area contributed by atoms with Crippen LogP contribution in [0.2, 0.25) is 5.02 Å². The molecule has 2 N–H and O–H groups in total. The number of carbonyl (C=O) groups excluding carboxylic acids is 1. The van der Waals surface area contributed by atoms with E-state index >= 15 is 0 Å². The number of para-hydroxylation sites is 2. The topological polar surface area (TPSA) is 51.4 Å². The van der Waals surface area contributed by atoms with Crippen LogP contribution in [0.15, 0.2) is 54.7 Å². The number of rotatable bonds is 7. The largest absolute Gasteiger partial charge is 0.368 e. The van der Waals surface area contributed by atoms with E-state index in [1.54, 1.807) is 0 Å². The summed E-state index contributed by atoms with van der Waals surface area (Å²) in [5.74, 6) is 0.0818. The lowest BCUT2D eigenvalue weighted by Crippen LogP contribution is -2.47. The zero-order valence-corrected chi connectivity index (χ0v) is 17.3. The predicted molar refractivity (Wildman–Crippen MR) is 120 cm³/mol. The molecule has 0 aliphatic carbocycles. The average Bonchev–Trinajstić information content (AvgIpc) is 3.15. The van der Waals surface area contributed by atoms with Crippen molar-refractivity contribution in [3.8, 4) is 0 Å². The Balaban J connectivity index is 1.16. The molecule has 0 atom stereocenters. The van der Waals surface area contributed by atoms with Crippen LogP contribution >= 0.6 is 11.6 Å². The van der Waals surface area contributed by atoms with Gasteiger partial charge in [-0.15, -0.1) is 0 Å². The molecule has 1 saturated heterocycles. The number of amides is 1. The van der Waals surface area contributed by atoms with Crippen molar-refractivity contribution in [2.24, 2.45) is 0 Å². The van der Waals surface area contributed by atoms with Crippen LogP contribution in [0.5, 0.6) is 0 Å². The van der Waals surface area contributed by atoms with Crippen molar-refractivity contribution in [1.29, 1.82) is 0 Å². The van der Waals surface area contributed by atoms with E-state index in [2.05, 4.69) is 32.2 Å². The van der Waals surface area contributed by atoms with Crippen LogP contribution in [0.25, 0.3) is 10.9 Å². The van der Waals surface area contributed by atoms with Crippen molar-refractivity contribution in [2.45, 2.75) is 12.8 Å². The molecule has 0 bridgehead atoms. The maximum absolute atomic E-state index is 12.3. The Morgan fingerprint density at radius 3 is 2.62 bits per heavy atom. The van der Waals surface area contributed by atoms with Crippen molar-refractivity contribution in [1.82, 2.24) is 15.2 Å². The number of fused-ring (bicyclic) bond motifs is 1. The number of piperazine rings is 1. The van der Waals surface area contributed by atoms with Crippen molar-refractivity contribution >= 4 is 34.1 Å². The Bertz CT molecular complexity index is 962. The van der Waals surface area contributed by atoms with Gasteiger partial charge >= 0.3 is 0 Å². The molecular weight excluding hydrogens is 384 g/mol. The smallest absolute Gasteiger partial charge is 0.224 e. The summed E-state index contributed by atoms with van der Waals surface area (Å²) in [4.78, 5) is 20.3. The molecule has 0 radical (unpaired) electrons. The molecule has 0 saturated carbocycles. The number of benzene rings is 2. The minimum Gasteiger partial charge on any atom is -0.368 e. The molecule has 2 aromatic carbocycles. The molecule has 2 heterocycles. The molecule has 1 amide bonds. The van der Waals surface area contributed by atoms with Crippen LogP contribution in [0.1, 0.15) is 12.0 Å². The number of aromatic amines is 1. The Hall–Kier alpha value is -2.50. The van der Waals surface area contributed by atoms with E-state index in [4.69, 9.17) is 11.6 Å². The van der Waals surface area contributed by atoms with Gasteiger partial charge in [-0.2, -0.15) is 0 Å². The maximum atomic E-state index is 12.3. The number of nitrogens with zero attached hydrogens (tertiary/aromatic N) is 2. The van der Waals surface area contributed by atoms with E-state index < -0.39 is 0 Å². The SMILES string of the molecule is O=C(Cc1c[nH]c2ccccc12)NCCCN1CCN(c2ccccc2Cl)CC1. The molecule has 1 aromatic heterocycles. The molecule has 1 aliphatic heterocycles. The van der Waals surface area contributed by atoms with E-state index in [0.717, 1.165) is 66.3 Å². The summed E-state index contributed by atoms with van der Waals surface area (Å²) >= 11 is 6.31. The van der Waals surface area contributed by atoms with E-state index in [9.17, 15) is 4.79 Å². The number of H-pyrrole nitrogens is 1. The van der Waals surface area contributed by atoms with Crippen LogP contribution in [0.4, 0.5) is 5.69 Å². The van der Waals surface area contributed by atoms with Crippen molar-refractivity contribution in [3.05, 3.63) is 65.3 Å². The zero-order valence-electron chi connectivity index (χ0n) is 16.5. The normalized spacial score (nSPS) is 15.0. The minimum absolute atomic E-state index is 0.0818. The summed E-state index contributed by atoms with van der Waals surface area (Å²) in [6.07, 6.45) is 3.31. The summed E-state index contributed by atoms with van der Waals surface area (Å²) < 4.78 is 0. The minimum atomic E-state index is 0.0818. The third-order valence-corrected chi connectivity index (χ3v) is 5.88. The molecule has 152 valence electrons. The third-order valence-electron chi connectivity index (χ3n) is 5.56. The number of carbonyl (C=O) groups is 1. The number of halogens is 1. The second-order valence-corrected chi connectivity index (χ2v) is 7.93. The Labute approximate surface area is 176 Å². The highest BCUT2D eigenvalue weighted by atomic mass is 35.5. The van der Waals surface area contributed by atoms with Crippen LogP contribution in [-0.4, -0.2) is 55.1 Å². The summed E-state index contributed by atoms with van der Waals surface area (Å²) in [7, 11) is 0. The fourth-order valence-corrected chi connectivity index (χ4v) is 4.22. The fourth-order valence-electron chi connectivity index (χ4n) is 3.96. The average molecular weight is 411 g/mol. The van der Waals surface area contributed by atoms with E-state index in [1.807, 2.05) is 42.6 Å². The van der Waals surface area contributed by atoms with Crippen molar-refractivity contribution in [2.75, 3.05) is 44.2 Å². The Morgan fingerprint density at radius 2 is 1.79 bits per heavy atom. The number of hydrogen-bond acceptors (Lipinski definition) is 3. The van der Waals surface area contributed by atoms with E-state index in [0.29, 0.717) is 13.0 Å². The standard InChI is InChI=1S/C23H27ClN4O/c24-20-7-2-4-9-22(20)28-14-12-27(13-15-28)11-5-10-25-23(29)16-18-17-26-21-8-3-1-6-19(18)21/h1-4,6-9,17,26H,5,10-16H2,(H,25,29). The zero-order chi connectivity index (χ0) is 20.1. The van der Waals surface area contributed by atoms with Gasteiger partial charge in [-0.1, -0.05) is 41.9 Å². The highest BCUT2D eigenvalue weighted by Crippen LogP contribution is 2.26. The third kappa shape index (κ3) is 4.92.